The fourth-order valence-corrected chi connectivity index (χ4v) is 1.58. The summed E-state index contributed by atoms with van der Waals surface area (Å²) in [4.78, 5) is 18.4. The Kier molecular flexibility index (Phi) is 3.36. The van der Waals surface area contributed by atoms with Crippen LogP contribution in [0.15, 0.2) is 24.3 Å². The van der Waals surface area contributed by atoms with E-state index in [0.29, 0.717) is 11.3 Å². The molecule has 6 heteroatoms. The van der Waals surface area contributed by atoms with Gasteiger partial charge in [0.1, 0.15) is 10.9 Å². The first-order valence-corrected chi connectivity index (χ1v) is 5.47. The van der Waals surface area contributed by atoms with Crippen molar-refractivity contribution < 1.29 is 9.53 Å². The molecule has 0 atom stereocenters. The highest BCUT2D eigenvalue weighted by molar-refractivity contribution is 6.40. The summed E-state index contributed by atoms with van der Waals surface area (Å²) in [5.74, 6) is 0.517. The number of aromatic nitrogens is 2. The highest BCUT2D eigenvalue weighted by atomic mass is 35.5. The average molecular weight is 271 g/mol. The number of nitrogens with zero attached hydrogens (tertiary/aromatic N) is 1. The third-order valence-corrected chi connectivity index (χ3v) is 2.83. The Labute approximate surface area is 108 Å². The maximum Gasteiger partial charge on any atom is 0.228 e. The number of aromatic amines is 1. The Morgan fingerprint density at radius 1 is 1.29 bits per heavy atom. The van der Waals surface area contributed by atoms with Crippen LogP contribution in [0.1, 0.15) is 16.2 Å². The van der Waals surface area contributed by atoms with Crippen LogP contribution in [0.3, 0.4) is 0 Å². The first-order valence-electron chi connectivity index (χ1n) is 4.71. The normalized spacial score (nSPS) is 10.3. The predicted octanol–water partition coefficient (Wildman–Crippen LogP) is 2.96. The Balaban J connectivity index is 2.30. The van der Waals surface area contributed by atoms with E-state index in [1.54, 1.807) is 31.4 Å². The summed E-state index contributed by atoms with van der Waals surface area (Å²) in [7, 11) is 1.56. The van der Waals surface area contributed by atoms with Gasteiger partial charge in [-0.25, -0.2) is 4.98 Å². The van der Waals surface area contributed by atoms with Gasteiger partial charge in [0.15, 0.2) is 11.0 Å². The lowest BCUT2D eigenvalue weighted by atomic mass is 10.1. The van der Waals surface area contributed by atoms with Gasteiger partial charge in [0.05, 0.1) is 7.11 Å². The van der Waals surface area contributed by atoms with Crippen LogP contribution in [-0.2, 0) is 0 Å². The van der Waals surface area contributed by atoms with Gasteiger partial charge in [0.2, 0.25) is 5.78 Å². The smallest absolute Gasteiger partial charge is 0.228 e. The quantitative estimate of drug-likeness (QED) is 0.873. The zero-order valence-corrected chi connectivity index (χ0v) is 10.3. The third kappa shape index (κ3) is 2.43. The van der Waals surface area contributed by atoms with Crippen LogP contribution in [0.5, 0.6) is 5.75 Å². The predicted molar refractivity (Wildman–Crippen MR) is 65.0 cm³/mol. The molecule has 17 heavy (non-hydrogen) atoms. The fourth-order valence-electron chi connectivity index (χ4n) is 1.32. The third-order valence-electron chi connectivity index (χ3n) is 2.19. The molecule has 0 saturated heterocycles. The molecule has 0 fully saturated rings. The van der Waals surface area contributed by atoms with E-state index in [2.05, 4.69) is 9.97 Å². The van der Waals surface area contributed by atoms with Gasteiger partial charge in [0.25, 0.3) is 0 Å². The summed E-state index contributed by atoms with van der Waals surface area (Å²) >= 11 is 11.3. The number of rotatable bonds is 3. The Hall–Kier alpha value is -1.52. The number of halogens is 2. The average Bonchev–Trinajstić information content (AvgIpc) is 2.69. The molecule has 0 aliphatic carbocycles. The molecule has 2 rings (SSSR count). The van der Waals surface area contributed by atoms with Crippen molar-refractivity contribution in [2.75, 3.05) is 7.11 Å². The number of hydrogen-bond donors (Lipinski definition) is 1. The molecule has 0 unspecified atom stereocenters. The number of benzene rings is 1. The largest absolute Gasteiger partial charge is 0.497 e. The standard InChI is InChI=1S/C11H8Cl2N2O2/c1-17-7-4-2-6(3-5-7)8(16)11-14-9(12)10(13)15-11/h2-5H,1H3,(H,14,15). The minimum atomic E-state index is -0.276. The highest BCUT2D eigenvalue weighted by Crippen LogP contribution is 2.20. The van der Waals surface area contributed by atoms with Crippen molar-refractivity contribution in [1.82, 2.24) is 9.97 Å². The maximum absolute atomic E-state index is 12.0. The number of carbonyl (C=O) groups excluding carboxylic acids is 1. The van der Waals surface area contributed by atoms with Gasteiger partial charge in [-0.15, -0.1) is 0 Å². The van der Waals surface area contributed by atoms with Crippen LogP contribution in [0.2, 0.25) is 10.3 Å². The summed E-state index contributed by atoms with van der Waals surface area (Å²) in [5, 5.41) is 0.243. The van der Waals surface area contributed by atoms with Crippen molar-refractivity contribution in [3.8, 4) is 5.75 Å². The second kappa shape index (κ2) is 4.77. The lowest BCUT2D eigenvalue weighted by molar-refractivity contribution is 0.103. The van der Waals surface area contributed by atoms with E-state index < -0.39 is 0 Å². The van der Waals surface area contributed by atoms with E-state index in [-0.39, 0.29) is 21.9 Å². The summed E-state index contributed by atoms with van der Waals surface area (Å²) in [6.45, 7) is 0. The van der Waals surface area contributed by atoms with Gasteiger partial charge in [-0.05, 0) is 24.3 Å². The first kappa shape index (κ1) is 12.0. The van der Waals surface area contributed by atoms with Gasteiger partial charge < -0.3 is 9.72 Å². The maximum atomic E-state index is 12.0. The molecule has 1 aromatic heterocycles. The summed E-state index contributed by atoms with van der Waals surface area (Å²) in [6.07, 6.45) is 0. The number of imidazole rings is 1. The number of methoxy groups -OCH3 is 1. The van der Waals surface area contributed by atoms with Gasteiger partial charge in [-0.2, -0.15) is 0 Å². The lowest BCUT2D eigenvalue weighted by Crippen LogP contribution is -2.03. The van der Waals surface area contributed by atoms with Crippen LogP contribution in [0.4, 0.5) is 0 Å². The van der Waals surface area contributed by atoms with E-state index in [4.69, 9.17) is 27.9 Å². The monoisotopic (exact) mass is 270 g/mol. The number of carbonyl (C=O) groups is 1. The first-order chi connectivity index (χ1) is 8.11. The molecule has 0 saturated carbocycles. The second-order valence-electron chi connectivity index (χ2n) is 3.25. The second-order valence-corrected chi connectivity index (χ2v) is 3.98. The van der Waals surface area contributed by atoms with Crippen molar-refractivity contribution in [2.24, 2.45) is 0 Å². The van der Waals surface area contributed by atoms with E-state index in [0.717, 1.165) is 0 Å². The van der Waals surface area contributed by atoms with Crippen LogP contribution in [-0.4, -0.2) is 22.9 Å². The lowest BCUT2D eigenvalue weighted by Gasteiger charge is -2.00. The molecule has 4 nitrogen and oxygen atoms in total. The Morgan fingerprint density at radius 3 is 2.41 bits per heavy atom. The van der Waals surface area contributed by atoms with Crippen molar-refractivity contribution in [2.45, 2.75) is 0 Å². The van der Waals surface area contributed by atoms with Gasteiger partial charge in [0, 0.05) is 5.56 Å². The van der Waals surface area contributed by atoms with Crippen molar-refractivity contribution in [3.05, 3.63) is 46.0 Å². The minimum absolute atomic E-state index is 0.0866. The SMILES string of the molecule is COc1ccc(C(=O)c2nc(Cl)c(Cl)[nH]2)cc1. The number of hydrogen-bond acceptors (Lipinski definition) is 3. The molecule has 0 radical (unpaired) electrons. The molecule has 0 aliphatic rings. The highest BCUT2D eigenvalue weighted by Gasteiger charge is 2.15. The van der Waals surface area contributed by atoms with E-state index in [1.807, 2.05) is 0 Å². The number of nitrogens with one attached hydrogen (secondary N) is 1. The van der Waals surface area contributed by atoms with Gasteiger partial charge >= 0.3 is 0 Å². The van der Waals surface area contributed by atoms with Crippen LogP contribution >= 0.6 is 23.2 Å². The fraction of sp³-hybridized carbons (Fsp3) is 0.0909. The zero-order chi connectivity index (χ0) is 12.4. The van der Waals surface area contributed by atoms with Gasteiger partial charge in [-0.3, -0.25) is 4.79 Å². The molecular formula is C11H8Cl2N2O2. The minimum Gasteiger partial charge on any atom is -0.497 e. The number of H-pyrrole nitrogens is 1. The van der Waals surface area contributed by atoms with Crippen molar-refractivity contribution >= 4 is 29.0 Å². The molecule has 1 N–H and O–H groups in total. The summed E-state index contributed by atoms with van der Waals surface area (Å²) < 4.78 is 5.00. The molecule has 1 heterocycles. The molecular weight excluding hydrogens is 263 g/mol. The molecule has 0 spiro atoms. The Morgan fingerprint density at radius 2 is 1.94 bits per heavy atom. The number of ketones is 1. The molecule has 0 amide bonds. The summed E-state index contributed by atoms with van der Waals surface area (Å²) in [5.41, 5.74) is 0.480. The van der Waals surface area contributed by atoms with Gasteiger partial charge in [-0.1, -0.05) is 23.2 Å². The van der Waals surface area contributed by atoms with E-state index >= 15 is 0 Å². The topological polar surface area (TPSA) is 55.0 Å². The van der Waals surface area contributed by atoms with E-state index in [9.17, 15) is 4.79 Å². The van der Waals surface area contributed by atoms with Crippen molar-refractivity contribution in [1.29, 1.82) is 0 Å². The van der Waals surface area contributed by atoms with Crippen molar-refractivity contribution in [3.63, 3.8) is 0 Å². The van der Waals surface area contributed by atoms with Crippen LogP contribution in [0, 0.1) is 0 Å². The van der Waals surface area contributed by atoms with Crippen LogP contribution in [0.25, 0.3) is 0 Å². The van der Waals surface area contributed by atoms with Crippen LogP contribution < -0.4 is 4.74 Å². The summed E-state index contributed by atoms with van der Waals surface area (Å²) in [6, 6.07) is 6.68. The molecule has 88 valence electrons. The van der Waals surface area contributed by atoms with E-state index in [1.165, 1.54) is 0 Å². The molecule has 0 bridgehead atoms. The zero-order valence-electron chi connectivity index (χ0n) is 8.83. The molecule has 2 aromatic rings. The molecule has 0 aliphatic heterocycles. The Bertz CT molecular complexity index is 530. The molecule has 1 aromatic carbocycles. The number of ether oxygens (including phenoxy) is 1.